The van der Waals surface area contributed by atoms with Gasteiger partial charge in [0.05, 0.1) is 18.7 Å². The highest BCUT2D eigenvalue weighted by molar-refractivity contribution is 7.03. The van der Waals surface area contributed by atoms with Crippen molar-refractivity contribution in [3.05, 3.63) is 11.1 Å². The summed E-state index contributed by atoms with van der Waals surface area (Å²) in [6.07, 6.45) is 0.861. The van der Waals surface area contributed by atoms with E-state index >= 15 is 0 Å². The minimum atomic E-state index is -0.802. The molecule has 2 rings (SSSR count). The van der Waals surface area contributed by atoms with Crippen LogP contribution in [0.3, 0.4) is 0 Å². The maximum Gasteiger partial charge on any atom is 0.161 e. The van der Waals surface area contributed by atoms with Gasteiger partial charge in [0.2, 0.25) is 0 Å². The lowest BCUT2D eigenvalue weighted by molar-refractivity contribution is -0.123. The van der Waals surface area contributed by atoms with Crippen LogP contribution in [0.15, 0.2) is 5.38 Å². The van der Waals surface area contributed by atoms with Crippen molar-refractivity contribution in [2.24, 2.45) is 5.73 Å². The minimum absolute atomic E-state index is 0.0114. The van der Waals surface area contributed by atoms with E-state index in [-0.39, 0.29) is 12.2 Å². The predicted octanol–water partition coefficient (Wildman–Crippen LogP) is -0.233. The van der Waals surface area contributed by atoms with E-state index in [1.54, 1.807) is 5.38 Å². The molecule has 0 bridgehead atoms. The summed E-state index contributed by atoms with van der Waals surface area (Å²) in [7, 11) is 0. The predicted molar refractivity (Wildman–Crippen MR) is 51.0 cm³/mol. The maximum absolute atomic E-state index is 11.8. The fourth-order valence-electron chi connectivity index (χ4n) is 1.40. The molecule has 1 aliphatic rings. The molecule has 1 saturated heterocycles. The molecule has 1 atom stereocenters. The van der Waals surface area contributed by atoms with Crippen LogP contribution in [0.2, 0.25) is 0 Å². The number of hydrogen-bond donors (Lipinski definition) is 1. The highest BCUT2D eigenvalue weighted by Crippen LogP contribution is 2.18. The van der Waals surface area contributed by atoms with Crippen molar-refractivity contribution in [3.63, 3.8) is 0 Å². The first kappa shape index (κ1) is 9.70. The highest BCUT2D eigenvalue weighted by Gasteiger charge is 2.37. The standard InChI is InChI=1S/C8H11N3O2S/c9-8(1-2-13-5-8)7(12)3-6-4-14-11-10-6/h4H,1-3,5,9H2. The molecule has 0 spiro atoms. The van der Waals surface area contributed by atoms with Gasteiger partial charge in [-0.15, -0.1) is 5.10 Å². The Bertz CT molecular complexity index is 319. The van der Waals surface area contributed by atoms with E-state index in [0.29, 0.717) is 25.3 Å². The lowest BCUT2D eigenvalue weighted by Crippen LogP contribution is -2.49. The molecule has 0 radical (unpaired) electrons. The van der Waals surface area contributed by atoms with Crippen molar-refractivity contribution in [1.29, 1.82) is 0 Å². The Balaban J connectivity index is 2.02. The van der Waals surface area contributed by atoms with Crippen molar-refractivity contribution >= 4 is 17.3 Å². The summed E-state index contributed by atoms with van der Waals surface area (Å²) in [6, 6.07) is 0. The van der Waals surface area contributed by atoms with E-state index in [1.165, 1.54) is 11.5 Å². The van der Waals surface area contributed by atoms with Crippen molar-refractivity contribution < 1.29 is 9.53 Å². The molecule has 1 unspecified atom stereocenters. The van der Waals surface area contributed by atoms with E-state index < -0.39 is 5.54 Å². The maximum atomic E-state index is 11.8. The van der Waals surface area contributed by atoms with Gasteiger partial charge in [-0.2, -0.15) is 0 Å². The first-order chi connectivity index (χ1) is 6.71. The summed E-state index contributed by atoms with van der Waals surface area (Å²) in [6.45, 7) is 0.890. The summed E-state index contributed by atoms with van der Waals surface area (Å²) in [5.74, 6) is -0.0114. The quantitative estimate of drug-likeness (QED) is 0.750. The molecular formula is C8H11N3O2S. The lowest BCUT2D eigenvalue weighted by atomic mass is 9.92. The number of hydrogen-bond acceptors (Lipinski definition) is 6. The third-order valence-electron chi connectivity index (χ3n) is 2.35. The zero-order valence-corrected chi connectivity index (χ0v) is 8.42. The molecule has 5 nitrogen and oxygen atoms in total. The number of nitrogens with zero attached hydrogens (tertiary/aromatic N) is 2. The number of nitrogens with two attached hydrogens (primary N) is 1. The van der Waals surface area contributed by atoms with Crippen LogP contribution < -0.4 is 5.73 Å². The molecule has 1 aromatic rings. The van der Waals surface area contributed by atoms with Crippen molar-refractivity contribution in [1.82, 2.24) is 9.59 Å². The van der Waals surface area contributed by atoms with Gasteiger partial charge < -0.3 is 10.5 Å². The topological polar surface area (TPSA) is 78.1 Å². The normalized spacial score (nSPS) is 26.6. The van der Waals surface area contributed by atoms with Gasteiger partial charge in [-0.05, 0) is 18.0 Å². The van der Waals surface area contributed by atoms with Crippen LogP contribution in [0.1, 0.15) is 12.1 Å². The van der Waals surface area contributed by atoms with Crippen molar-refractivity contribution in [3.8, 4) is 0 Å². The number of aromatic nitrogens is 2. The summed E-state index contributed by atoms with van der Waals surface area (Å²) in [4.78, 5) is 11.8. The number of ether oxygens (including phenoxy) is 1. The van der Waals surface area contributed by atoms with E-state index in [1.807, 2.05) is 0 Å². The average molecular weight is 213 g/mol. The molecule has 14 heavy (non-hydrogen) atoms. The average Bonchev–Trinajstić information content (AvgIpc) is 2.76. The molecule has 1 fully saturated rings. The van der Waals surface area contributed by atoms with Crippen LogP contribution >= 0.6 is 11.5 Å². The number of carbonyl (C=O) groups is 1. The fraction of sp³-hybridized carbons (Fsp3) is 0.625. The molecule has 0 amide bonds. The smallest absolute Gasteiger partial charge is 0.161 e. The van der Waals surface area contributed by atoms with Gasteiger partial charge >= 0.3 is 0 Å². The van der Waals surface area contributed by atoms with Gasteiger partial charge in [-0.3, -0.25) is 4.79 Å². The van der Waals surface area contributed by atoms with Gasteiger partial charge in [0, 0.05) is 12.0 Å². The Labute approximate surface area is 85.4 Å². The summed E-state index contributed by atoms with van der Waals surface area (Å²) >= 11 is 1.24. The number of Topliss-reactive ketones (excluding diaryl/α,β-unsaturated/α-hetero) is 1. The Kier molecular flexibility index (Phi) is 2.58. The molecule has 0 aliphatic carbocycles. The summed E-state index contributed by atoms with van der Waals surface area (Å²) in [5, 5.41) is 5.57. The van der Waals surface area contributed by atoms with E-state index in [0.717, 1.165) is 0 Å². The SMILES string of the molecule is NC1(C(=O)Cc2csnn2)CCOC1. The first-order valence-corrected chi connectivity index (χ1v) is 5.20. The van der Waals surface area contributed by atoms with Crippen LogP contribution in [0.25, 0.3) is 0 Å². The van der Waals surface area contributed by atoms with E-state index in [4.69, 9.17) is 10.5 Å². The number of rotatable bonds is 3. The summed E-state index contributed by atoms with van der Waals surface area (Å²) in [5.41, 5.74) is 5.79. The molecule has 2 heterocycles. The lowest BCUT2D eigenvalue weighted by Gasteiger charge is -2.18. The minimum Gasteiger partial charge on any atom is -0.379 e. The molecular weight excluding hydrogens is 202 g/mol. The van der Waals surface area contributed by atoms with E-state index in [9.17, 15) is 4.79 Å². The second-order valence-corrected chi connectivity index (χ2v) is 4.06. The third kappa shape index (κ3) is 1.82. The summed E-state index contributed by atoms with van der Waals surface area (Å²) < 4.78 is 8.81. The van der Waals surface area contributed by atoms with Crippen LogP contribution in [0.4, 0.5) is 0 Å². The van der Waals surface area contributed by atoms with Crippen molar-refractivity contribution in [2.45, 2.75) is 18.4 Å². The van der Waals surface area contributed by atoms with Crippen molar-refractivity contribution in [2.75, 3.05) is 13.2 Å². The Morgan fingerprint density at radius 3 is 3.21 bits per heavy atom. The third-order valence-corrected chi connectivity index (χ3v) is 2.91. The zero-order valence-electron chi connectivity index (χ0n) is 7.60. The van der Waals surface area contributed by atoms with Gasteiger partial charge in [0.1, 0.15) is 5.54 Å². The van der Waals surface area contributed by atoms with Crippen LogP contribution in [-0.4, -0.2) is 34.1 Å². The van der Waals surface area contributed by atoms with Gasteiger partial charge in [0.15, 0.2) is 5.78 Å². The molecule has 6 heteroatoms. The molecule has 0 aromatic carbocycles. The second kappa shape index (κ2) is 3.72. The van der Waals surface area contributed by atoms with Gasteiger partial charge in [-0.1, -0.05) is 4.49 Å². The Hall–Kier alpha value is -0.850. The monoisotopic (exact) mass is 213 g/mol. The Morgan fingerprint density at radius 2 is 2.64 bits per heavy atom. The highest BCUT2D eigenvalue weighted by atomic mass is 32.1. The fourth-order valence-corrected chi connectivity index (χ4v) is 1.85. The first-order valence-electron chi connectivity index (χ1n) is 4.36. The zero-order chi connectivity index (χ0) is 10.0. The van der Waals surface area contributed by atoms with Crippen LogP contribution in [-0.2, 0) is 16.0 Å². The second-order valence-electron chi connectivity index (χ2n) is 3.45. The molecule has 0 saturated carbocycles. The molecule has 1 aromatic heterocycles. The molecule has 2 N–H and O–H groups in total. The molecule has 76 valence electrons. The van der Waals surface area contributed by atoms with Crippen LogP contribution in [0.5, 0.6) is 0 Å². The van der Waals surface area contributed by atoms with Gasteiger partial charge in [0.25, 0.3) is 0 Å². The molecule has 1 aliphatic heterocycles. The number of carbonyl (C=O) groups excluding carboxylic acids is 1. The van der Waals surface area contributed by atoms with Gasteiger partial charge in [-0.25, -0.2) is 0 Å². The number of ketones is 1. The Morgan fingerprint density at radius 1 is 1.79 bits per heavy atom. The van der Waals surface area contributed by atoms with Crippen LogP contribution in [0, 0.1) is 0 Å². The van der Waals surface area contributed by atoms with E-state index in [2.05, 4.69) is 9.59 Å². The largest absolute Gasteiger partial charge is 0.379 e.